The molecule has 0 radical (unpaired) electrons. The average Bonchev–Trinajstić information content (AvgIpc) is 2.49. The fraction of sp³-hybridized carbons (Fsp3) is 0.588. The molecule has 0 aromatic heterocycles. The highest BCUT2D eigenvalue weighted by atomic mass is 16.2. The van der Waals surface area contributed by atoms with Gasteiger partial charge in [-0.1, -0.05) is 18.6 Å². The number of hydrogen-bond donors (Lipinski definition) is 1. The Morgan fingerprint density at radius 3 is 2.76 bits per heavy atom. The van der Waals surface area contributed by atoms with Gasteiger partial charge in [0.25, 0.3) is 5.91 Å². The lowest BCUT2D eigenvalue weighted by atomic mass is 10.1. The van der Waals surface area contributed by atoms with Crippen molar-refractivity contribution in [2.75, 3.05) is 38.5 Å². The van der Waals surface area contributed by atoms with E-state index in [0.717, 1.165) is 49.4 Å². The second-order valence-electron chi connectivity index (χ2n) is 5.87. The minimum atomic E-state index is 0.154. The summed E-state index contributed by atoms with van der Waals surface area (Å²) >= 11 is 0. The molecule has 1 aliphatic heterocycles. The van der Waals surface area contributed by atoms with E-state index in [1.807, 2.05) is 30.0 Å². The summed E-state index contributed by atoms with van der Waals surface area (Å²) in [7, 11) is 2.15. The van der Waals surface area contributed by atoms with Crippen LogP contribution in [0.5, 0.6) is 0 Å². The van der Waals surface area contributed by atoms with Gasteiger partial charge < -0.3 is 10.2 Å². The van der Waals surface area contributed by atoms with Gasteiger partial charge in [0, 0.05) is 37.9 Å². The van der Waals surface area contributed by atoms with Crippen LogP contribution in [0.15, 0.2) is 18.2 Å². The summed E-state index contributed by atoms with van der Waals surface area (Å²) in [6.45, 7) is 9.68. The van der Waals surface area contributed by atoms with Crippen LogP contribution >= 0.6 is 0 Å². The Balaban J connectivity index is 2.21. The molecule has 1 fully saturated rings. The number of rotatable bonds is 4. The first-order valence-corrected chi connectivity index (χ1v) is 7.90. The zero-order valence-corrected chi connectivity index (χ0v) is 13.6. The minimum Gasteiger partial charge on any atom is -0.385 e. The molecule has 2 rings (SSSR count). The molecular formula is C17H27N3O. The van der Waals surface area contributed by atoms with Crippen LogP contribution in [0.2, 0.25) is 0 Å². The number of anilines is 1. The highest BCUT2D eigenvalue weighted by Crippen LogP contribution is 2.21. The lowest BCUT2D eigenvalue weighted by Crippen LogP contribution is -2.53. The normalized spacial score (nSPS) is 19.6. The number of benzene rings is 1. The number of amides is 1. The van der Waals surface area contributed by atoms with E-state index in [2.05, 4.69) is 31.1 Å². The number of nitrogens with zero attached hydrogens (tertiary/aromatic N) is 2. The smallest absolute Gasteiger partial charge is 0.256 e. The molecule has 0 bridgehead atoms. The first-order chi connectivity index (χ1) is 10.1. The number of carbonyl (C=O) groups is 1. The summed E-state index contributed by atoms with van der Waals surface area (Å²) in [5, 5.41) is 3.30. The van der Waals surface area contributed by atoms with Crippen LogP contribution in [0.1, 0.15) is 36.2 Å². The van der Waals surface area contributed by atoms with Crippen molar-refractivity contribution in [2.45, 2.75) is 33.2 Å². The van der Waals surface area contributed by atoms with Crippen molar-refractivity contribution >= 4 is 11.6 Å². The Hall–Kier alpha value is -1.55. The van der Waals surface area contributed by atoms with Crippen LogP contribution in [-0.2, 0) is 0 Å². The van der Waals surface area contributed by atoms with Crippen LogP contribution < -0.4 is 5.32 Å². The zero-order valence-electron chi connectivity index (χ0n) is 13.6. The Kier molecular flexibility index (Phi) is 5.23. The van der Waals surface area contributed by atoms with E-state index in [1.54, 1.807) is 0 Å². The highest BCUT2D eigenvalue weighted by molar-refractivity contribution is 6.00. The lowest BCUT2D eigenvalue weighted by Gasteiger charge is -2.39. The molecule has 1 saturated heterocycles. The zero-order chi connectivity index (χ0) is 15.4. The molecule has 1 amide bonds. The number of aryl methyl sites for hydroxylation is 1. The van der Waals surface area contributed by atoms with Crippen LogP contribution in [0.25, 0.3) is 0 Å². The molecule has 4 nitrogen and oxygen atoms in total. The third-order valence-electron chi connectivity index (χ3n) is 4.31. The molecule has 21 heavy (non-hydrogen) atoms. The summed E-state index contributed by atoms with van der Waals surface area (Å²) in [5.74, 6) is 0.154. The first-order valence-electron chi connectivity index (χ1n) is 7.90. The largest absolute Gasteiger partial charge is 0.385 e. The van der Waals surface area contributed by atoms with Crippen LogP contribution in [0.4, 0.5) is 5.69 Å². The molecule has 1 atom stereocenters. The monoisotopic (exact) mass is 289 g/mol. The molecule has 4 heteroatoms. The fourth-order valence-electron chi connectivity index (χ4n) is 2.92. The van der Waals surface area contributed by atoms with Gasteiger partial charge in [0.1, 0.15) is 0 Å². The molecule has 1 aromatic carbocycles. The Bertz CT molecular complexity index is 501. The maximum atomic E-state index is 12.9. The molecule has 116 valence electrons. The second kappa shape index (κ2) is 6.94. The van der Waals surface area contributed by atoms with Gasteiger partial charge in [0.05, 0.1) is 5.56 Å². The summed E-state index contributed by atoms with van der Waals surface area (Å²) in [6.07, 6.45) is 1.08. The maximum absolute atomic E-state index is 12.9. The number of carbonyl (C=O) groups excluding carboxylic acids is 1. The van der Waals surface area contributed by atoms with E-state index in [1.165, 1.54) is 0 Å². The quantitative estimate of drug-likeness (QED) is 0.925. The lowest BCUT2D eigenvalue weighted by molar-refractivity contribution is 0.0542. The second-order valence-corrected chi connectivity index (χ2v) is 5.87. The van der Waals surface area contributed by atoms with Crippen molar-refractivity contribution < 1.29 is 4.79 Å². The van der Waals surface area contributed by atoms with Gasteiger partial charge in [-0.2, -0.15) is 0 Å². The van der Waals surface area contributed by atoms with Crippen LogP contribution in [-0.4, -0.2) is 55.0 Å². The molecule has 1 aromatic rings. The molecule has 0 saturated carbocycles. The van der Waals surface area contributed by atoms with Crippen molar-refractivity contribution in [3.05, 3.63) is 29.3 Å². The summed E-state index contributed by atoms with van der Waals surface area (Å²) in [6, 6.07) is 6.53. The van der Waals surface area contributed by atoms with Gasteiger partial charge in [-0.15, -0.1) is 0 Å². The summed E-state index contributed by atoms with van der Waals surface area (Å²) < 4.78 is 0. The van der Waals surface area contributed by atoms with Crippen LogP contribution in [0, 0.1) is 6.92 Å². The van der Waals surface area contributed by atoms with E-state index in [9.17, 15) is 4.79 Å². The Labute approximate surface area is 128 Å². The van der Waals surface area contributed by atoms with Gasteiger partial charge >= 0.3 is 0 Å². The Morgan fingerprint density at radius 2 is 2.10 bits per heavy atom. The number of hydrogen-bond acceptors (Lipinski definition) is 3. The molecular weight excluding hydrogens is 262 g/mol. The predicted molar refractivity (Wildman–Crippen MR) is 88.0 cm³/mol. The third-order valence-corrected chi connectivity index (χ3v) is 4.31. The molecule has 1 aliphatic rings. The van der Waals surface area contributed by atoms with Crippen molar-refractivity contribution in [3.8, 4) is 0 Å². The third kappa shape index (κ3) is 3.56. The first kappa shape index (κ1) is 15.8. The SMILES string of the molecule is CCNc1ccc(C)cc1C(=O)N1CCN(C)C(CC)C1. The summed E-state index contributed by atoms with van der Waals surface area (Å²) in [4.78, 5) is 17.2. The van der Waals surface area contributed by atoms with E-state index in [0.29, 0.717) is 6.04 Å². The predicted octanol–water partition coefficient (Wildman–Crippen LogP) is 2.59. The average molecular weight is 289 g/mol. The van der Waals surface area contributed by atoms with Crippen molar-refractivity contribution in [2.24, 2.45) is 0 Å². The Morgan fingerprint density at radius 1 is 1.33 bits per heavy atom. The highest BCUT2D eigenvalue weighted by Gasteiger charge is 2.27. The van der Waals surface area contributed by atoms with Crippen molar-refractivity contribution in [1.29, 1.82) is 0 Å². The van der Waals surface area contributed by atoms with Gasteiger partial charge in [-0.25, -0.2) is 0 Å². The van der Waals surface area contributed by atoms with Gasteiger partial charge in [0.15, 0.2) is 0 Å². The molecule has 1 N–H and O–H groups in total. The van der Waals surface area contributed by atoms with E-state index < -0.39 is 0 Å². The molecule has 0 spiro atoms. The van der Waals surface area contributed by atoms with Gasteiger partial charge in [-0.3, -0.25) is 9.69 Å². The fourth-order valence-corrected chi connectivity index (χ4v) is 2.92. The standard InChI is InChI=1S/C17H27N3O/c1-5-14-12-20(10-9-19(14)4)17(21)15-11-13(3)7-8-16(15)18-6-2/h7-8,11,14,18H,5-6,9-10,12H2,1-4H3. The maximum Gasteiger partial charge on any atom is 0.256 e. The summed E-state index contributed by atoms with van der Waals surface area (Å²) in [5.41, 5.74) is 2.87. The minimum absolute atomic E-state index is 0.154. The number of nitrogens with one attached hydrogen (secondary N) is 1. The van der Waals surface area contributed by atoms with Crippen LogP contribution in [0.3, 0.4) is 0 Å². The van der Waals surface area contributed by atoms with Crippen molar-refractivity contribution in [3.63, 3.8) is 0 Å². The van der Waals surface area contributed by atoms with Crippen molar-refractivity contribution in [1.82, 2.24) is 9.80 Å². The van der Waals surface area contributed by atoms with E-state index in [4.69, 9.17) is 0 Å². The van der Waals surface area contributed by atoms with Gasteiger partial charge in [-0.05, 0) is 39.4 Å². The van der Waals surface area contributed by atoms with E-state index in [-0.39, 0.29) is 5.91 Å². The number of piperazine rings is 1. The van der Waals surface area contributed by atoms with Gasteiger partial charge in [0.2, 0.25) is 0 Å². The number of likely N-dealkylation sites (N-methyl/N-ethyl adjacent to an activating group) is 1. The molecule has 1 unspecified atom stereocenters. The topological polar surface area (TPSA) is 35.6 Å². The molecule has 1 heterocycles. The molecule has 0 aliphatic carbocycles. The van der Waals surface area contributed by atoms with E-state index >= 15 is 0 Å².